The molecule has 4 aliphatic carbocycles. The van der Waals surface area contributed by atoms with Crippen LogP contribution in [0.15, 0.2) is 16.6 Å². The van der Waals surface area contributed by atoms with Gasteiger partial charge < -0.3 is 5.73 Å². The summed E-state index contributed by atoms with van der Waals surface area (Å²) in [6.07, 6.45) is 7.25. The molecular formula is C17H20BrF2N. The molecular weight excluding hydrogens is 336 g/mol. The van der Waals surface area contributed by atoms with Gasteiger partial charge in [0.2, 0.25) is 0 Å². The van der Waals surface area contributed by atoms with E-state index < -0.39 is 5.82 Å². The van der Waals surface area contributed by atoms with Crippen LogP contribution >= 0.6 is 15.9 Å². The molecule has 21 heavy (non-hydrogen) atoms. The Kier molecular flexibility index (Phi) is 3.20. The minimum absolute atomic E-state index is 0.00411. The van der Waals surface area contributed by atoms with Gasteiger partial charge in [0, 0.05) is 11.6 Å². The van der Waals surface area contributed by atoms with Gasteiger partial charge in [-0.1, -0.05) is 0 Å². The molecule has 5 rings (SSSR count). The van der Waals surface area contributed by atoms with Crippen LogP contribution in [0.3, 0.4) is 0 Å². The summed E-state index contributed by atoms with van der Waals surface area (Å²) in [6, 6.07) is 2.13. The zero-order chi connectivity index (χ0) is 14.8. The van der Waals surface area contributed by atoms with Crippen molar-refractivity contribution >= 4 is 15.9 Å². The van der Waals surface area contributed by atoms with Crippen molar-refractivity contribution in [3.05, 3.63) is 33.8 Å². The molecule has 0 aliphatic heterocycles. The largest absolute Gasteiger partial charge is 0.323 e. The van der Waals surface area contributed by atoms with Crippen LogP contribution < -0.4 is 5.73 Å². The van der Waals surface area contributed by atoms with Crippen LogP contribution in [0.1, 0.15) is 50.1 Å². The lowest BCUT2D eigenvalue weighted by molar-refractivity contribution is -0.0683. The highest BCUT2D eigenvalue weighted by molar-refractivity contribution is 9.10. The highest BCUT2D eigenvalue weighted by Crippen LogP contribution is 2.63. The van der Waals surface area contributed by atoms with Gasteiger partial charge >= 0.3 is 0 Å². The zero-order valence-electron chi connectivity index (χ0n) is 11.9. The fourth-order valence-corrected chi connectivity index (χ4v) is 5.98. The second-order valence-electron chi connectivity index (χ2n) is 7.55. The van der Waals surface area contributed by atoms with E-state index >= 15 is 0 Å². The first kappa shape index (κ1) is 14.1. The van der Waals surface area contributed by atoms with E-state index in [9.17, 15) is 8.78 Å². The number of halogens is 3. The van der Waals surface area contributed by atoms with Crippen molar-refractivity contribution in [1.29, 1.82) is 0 Å². The topological polar surface area (TPSA) is 26.0 Å². The number of hydrogen-bond acceptors (Lipinski definition) is 1. The van der Waals surface area contributed by atoms with Crippen LogP contribution in [0, 0.1) is 34.8 Å². The molecule has 4 saturated carbocycles. The zero-order valence-corrected chi connectivity index (χ0v) is 13.5. The summed E-state index contributed by atoms with van der Waals surface area (Å²) in [4.78, 5) is 0. The molecule has 1 aromatic rings. The molecule has 4 fully saturated rings. The average molecular weight is 356 g/mol. The van der Waals surface area contributed by atoms with E-state index in [1.807, 2.05) is 0 Å². The van der Waals surface area contributed by atoms with Gasteiger partial charge in [-0.3, -0.25) is 0 Å². The Balaban J connectivity index is 1.71. The summed E-state index contributed by atoms with van der Waals surface area (Å²) < 4.78 is 28.3. The standard InChI is InChI=1S/C17H20BrF2N/c18-13-5-14(19)12(4-15(13)20)16(21)17-6-9-1-10(7-17)3-11(2-9)8-17/h4-5,9-11,16H,1-3,6-8,21H2. The molecule has 4 bridgehead atoms. The van der Waals surface area contributed by atoms with Crippen LogP contribution in [0.5, 0.6) is 0 Å². The van der Waals surface area contributed by atoms with Gasteiger partial charge in [-0.05, 0) is 89.8 Å². The lowest BCUT2D eigenvalue weighted by Gasteiger charge is -2.59. The van der Waals surface area contributed by atoms with Crippen molar-refractivity contribution in [2.45, 2.75) is 44.6 Å². The van der Waals surface area contributed by atoms with Crippen molar-refractivity contribution in [1.82, 2.24) is 0 Å². The second kappa shape index (κ2) is 4.76. The van der Waals surface area contributed by atoms with E-state index in [0.29, 0.717) is 5.56 Å². The van der Waals surface area contributed by atoms with E-state index in [2.05, 4.69) is 15.9 Å². The van der Waals surface area contributed by atoms with Crippen molar-refractivity contribution in [2.24, 2.45) is 28.9 Å². The molecule has 0 heterocycles. The van der Waals surface area contributed by atoms with Gasteiger partial charge in [0.1, 0.15) is 11.6 Å². The first-order valence-electron chi connectivity index (χ1n) is 7.87. The number of benzene rings is 1. The molecule has 1 aromatic carbocycles. The van der Waals surface area contributed by atoms with Gasteiger partial charge in [0.25, 0.3) is 0 Å². The van der Waals surface area contributed by atoms with Crippen molar-refractivity contribution in [3.8, 4) is 0 Å². The summed E-state index contributed by atoms with van der Waals surface area (Å²) >= 11 is 3.04. The maximum atomic E-state index is 14.3. The maximum absolute atomic E-state index is 14.3. The molecule has 4 heteroatoms. The lowest BCUT2D eigenvalue weighted by atomic mass is 9.47. The number of rotatable bonds is 2. The normalized spacial score (nSPS) is 38.8. The van der Waals surface area contributed by atoms with Gasteiger partial charge in [-0.15, -0.1) is 0 Å². The Morgan fingerprint density at radius 2 is 1.52 bits per heavy atom. The number of hydrogen-bond donors (Lipinski definition) is 1. The van der Waals surface area contributed by atoms with Gasteiger partial charge in [-0.2, -0.15) is 0 Å². The number of nitrogens with two attached hydrogens (primary N) is 1. The smallest absolute Gasteiger partial charge is 0.137 e. The summed E-state index contributed by atoms with van der Waals surface area (Å²) in [5.74, 6) is 1.46. The third kappa shape index (κ3) is 2.17. The fraction of sp³-hybridized carbons (Fsp3) is 0.647. The van der Waals surface area contributed by atoms with E-state index in [1.54, 1.807) is 0 Å². The molecule has 0 amide bonds. The van der Waals surface area contributed by atoms with Crippen molar-refractivity contribution in [2.75, 3.05) is 0 Å². The Labute approximate surface area is 132 Å². The van der Waals surface area contributed by atoms with Crippen molar-refractivity contribution in [3.63, 3.8) is 0 Å². The molecule has 1 atom stereocenters. The monoisotopic (exact) mass is 355 g/mol. The van der Waals surface area contributed by atoms with E-state index in [1.165, 1.54) is 31.4 Å². The van der Waals surface area contributed by atoms with E-state index in [0.717, 1.165) is 37.0 Å². The first-order valence-corrected chi connectivity index (χ1v) is 8.66. The third-order valence-electron chi connectivity index (χ3n) is 6.12. The van der Waals surface area contributed by atoms with Gasteiger partial charge in [0.15, 0.2) is 0 Å². The summed E-state index contributed by atoms with van der Waals surface area (Å²) in [5.41, 5.74) is 6.85. The highest BCUT2D eigenvalue weighted by atomic mass is 79.9. The Morgan fingerprint density at radius 1 is 1.00 bits per heavy atom. The van der Waals surface area contributed by atoms with E-state index in [4.69, 9.17) is 5.73 Å². The summed E-state index contributed by atoms with van der Waals surface area (Å²) in [7, 11) is 0. The highest BCUT2D eigenvalue weighted by Gasteiger charge is 2.54. The van der Waals surface area contributed by atoms with Crippen LogP contribution in [-0.2, 0) is 0 Å². The van der Waals surface area contributed by atoms with Gasteiger partial charge in [-0.25, -0.2) is 8.78 Å². The predicted molar refractivity (Wildman–Crippen MR) is 81.6 cm³/mol. The molecule has 0 spiro atoms. The van der Waals surface area contributed by atoms with Gasteiger partial charge in [0.05, 0.1) is 4.47 Å². The predicted octanol–water partition coefficient (Wildman–Crippen LogP) is 4.94. The molecule has 4 aliphatic rings. The molecule has 0 saturated heterocycles. The SMILES string of the molecule is NC(c1cc(F)c(Br)cc1F)C12CC3CC(CC(C3)C1)C2. The summed E-state index contributed by atoms with van der Waals surface area (Å²) in [5, 5.41) is 0. The minimum atomic E-state index is -0.424. The van der Waals surface area contributed by atoms with Crippen LogP contribution in [0.25, 0.3) is 0 Å². The lowest BCUT2D eigenvalue weighted by Crippen LogP contribution is -2.51. The molecule has 1 unspecified atom stereocenters. The molecule has 114 valence electrons. The van der Waals surface area contributed by atoms with Crippen LogP contribution in [0.4, 0.5) is 8.78 Å². The Hall–Kier alpha value is -0.480. The molecule has 0 aromatic heterocycles. The first-order chi connectivity index (χ1) is 9.97. The molecule has 2 N–H and O–H groups in total. The summed E-state index contributed by atoms with van der Waals surface area (Å²) in [6.45, 7) is 0. The van der Waals surface area contributed by atoms with Crippen LogP contribution in [-0.4, -0.2) is 0 Å². The van der Waals surface area contributed by atoms with E-state index in [-0.39, 0.29) is 21.7 Å². The average Bonchev–Trinajstić information content (AvgIpc) is 2.40. The third-order valence-corrected chi connectivity index (χ3v) is 6.73. The Morgan fingerprint density at radius 3 is 2.05 bits per heavy atom. The minimum Gasteiger partial charge on any atom is -0.323 e. The molecule has 0 radical (unpaired) electrons. The quantitative estimate of drug-likeness (QED) is 0.746. The van der Waals surface area contributed by atoms with Crippen LogP contribution in [0.2, 0.25) is 0 Å². The maximum Gasteiger partial charge on any atom is 0.137 e. The fourth-order valence-electron chi connectivity index (χ4n) is 5.66. The molecule has 1 nitrogen and oxygen atoms in total. The van der Waals surface area contributed by atoms with Crippen molar-refractivity contribution < 1.29 is 8.78 Å². The second-order valence-corrected chi connectivity index (χ2v) is 8.40. The Bertz CT molecular complexity index is 551.